The van der Waals surface area contributed by atoms with Crippen LogP contribution in [0.3, 0.4) is 0 Å². The summed E-state index contributed by atoms with van der Waals surface area (Å²) >= 11 is 1.42. The zero-order chi connectivity index (χ0) is 15.5. The molecule has 2 aromatic heterocycles. The second-order valence-electron chi connectivity index (χ2n) is 5.26. The van der Waals surface area contributed by atoms with E-state index in [0.717, 1.165) is 13.1 Å². The highest BCUT2D eigenvalue weighted by Crippen LogP contribution is 2.13. The van der Waals surface area contributed by atoms with Crippen molar-refractivity contribution in [3.8, 4) is 0 Å². The smallest absolute Gasteiger partial charge is 0.262 e. The number of nitrogens with zero attached hydrogens (tertiary/aromatic N) is 4. The molecule has 3 heterocycles. The lowest BCUT2D eigenvalue weighted by Crippen LogP contribution is -2.50. The summed E-state index contributed by atoms with van der Waals surface area (Å²) in [6, 6.07) is 1.74. The number of hydrogen-bond donors (Lipinski definition) is 1. The van der Waals surface area contributed by atoms with Gasteiger partial charge in [0, 0.05) is 32.7 Å². The number of aromatic nitrogens is 2. The van der Waals surface area contributed by atoms with Gasteiger partial charge in [0.15, 0.2) is 0 Å². The first-order valence-corrected chi connectivity index (χ1v) is 8.10. The fourth-order valence-corrected chi connectivity index (χ4v) is 3.34. The monoisotopic (exact) mass is 322 g/mol. The molecular formula is C14H18N4O3S. The number of β-amino-alcohol motifs (C(OH)–C–C–N with tert-alkyl or cyclic N) is 1. The lowest BCUT2D eigenvalue weighted by Gasteiger charge is -2.34. The van der Waals surface area contributed by atoms with Crippen molar-refractivity contribution in [3.05, 3.63) is 28.1 Å². The number of hydrogen-bond acceptors (Lipinski definition) is 6. The van der Waals surface area contributed by atoms with E-state index >= 15 is 0 Å². The number of amides is 1. The SMILES string of the molecule is O=C(Cn1cnc2sccc2c1=O)N1CCN(CCO)CC1. The van der Waals surface area contributed by atoms with Crippen LogP contribution < -0.4 is 5.56 Å². The van der Waals surface area contributed by atoms with Crippen LogP contribution in [0.5, 0.6) is 0 Å². The minimum absolute atomic E-state index is 0.0254. The van der Waals surface area contributed by atoms with Gasteiger partial charge in [-0.25, -0.2) is 4.98 Å². The molecule has 3 rings (SSSR count). The van der Waals surface area contributed by atoms with Crippen LogP contribution in [0.4, 0.5) is 0 Å². The molecule has 1 amide bonds. The fraction of sp³-hybridized carbons (Fsp3) is 0.500. The van der Waals surface area contributed by atoms with E-state index in [-0.39, 0.29) is 24.6 Å². The summed E-state index contributed by atoms with van der Waals surface area (Å²) in [6.45, 7) is 3.56. The van der Waals surface area contributed by atoms with Crippen LogP contribution in [0.25, 0.3) is 10.2 Å². The molecule has 1 fully saturated rings. The number of thiophene rings is 1. The Labute approximate surface area is 131 Å². The van der Waals surface area contributed by atoms with Crippen LogP contribution in [0, 0.1) is 0 Å². The zero-order valence-corrected chi connectivity index (χ0v) is 13.0. The van der Waals surface area contributed by atoms with Crippen molar-refractivity contribution in [1.82, 2.24) is 19.4 Å². The van der Waals surface area contributed by atoms with E-state index in [2.05, 4.69) is 9.88 Å². The molecule has 1 aliphatic heterocycles. The minimum Gasteiger partial charge on any atom is -0.395 e. The minimum atomic E-state index is -0.168. The summed E-state index contributed by atoms with van der Waals surface area (Å²) < 4.78 is 1.37. The van der Waals surface area contributed by atoms with Crippen molar-refractivity contribution in [2.45, 2.75) is 6.54 Å². The second kappa shape index (κ2) is 6.55. The van der Waals surface area contributed by atoms with Crippen LogP contribution >= 0.6 is 11.3 Å². The Morgan fingerprint density at radius 3 is 2.82 bits per heavy atom. The first kappa shape index (κ1) is 15.1. The van der Waals surface area contributed by atoms with Crippen LogP contribution in [-0.2, 0) is 11.3 Å². The number of piperazine rings is 1. The van der Waals surface area contributed by atoms with Gasteiger partial charge in [0.1, 0.15) is 11.4 Å². The molecule has 0 aliphatic carbocycles. The maximum atomic E-state index is 12.3. The van der Waals surface area contributed by atoms with E-state index < -0.39 is 0 Å². The standard InChI is InChI=1S/C14H18N4O3S/c19-7-6-16-2-4-17(5-3-16)12(20)9-18-10-15-13-11(14(18)21)1-8-22-13/h1,8,10,19H,2-7,9H2. The number of rotatable bonds is 4. The molecular weight excluding hydrogens is 304 g/mol. The second-order valence-corrected chi connectivity index (χ2v) is 6.16. The molecule has 0 aromatic carbocycles. The van der Waals surface area contributed by atoms with Crippen molar-refractivity contribution in [2.75, 3.05) is 39.3 Å². The molecule has 0 radical (unpaired) electrons. The maximum Gasteiger partial charge on any atom is 0.262 e. The van der Waals surface area contributed by atoms with Gasteiger partial charge in [-0.3, -0.25) is 19.1 Å². The highest BCUT2D eigenvalue weighted by atomic mass is 32.1. The largest absolute Gasteiger partial charge is 0.395 e. The quantitative estimate of drug-likeness (QED) is 0.828. The van der Waals surface area contributed by atoms with Crippen LogP contribution in [0.15, 0.2) is 22.6 Å². The summed E-state index contributed by atoms with van der Waals surface area (Å²) in [5.74, 6) is -0.0675. The third-order valence-electron chi connectivity index (χ3n) is 3.90. The molecule has 22 heavy (non-hydrogen) atoms. The summed E-state index contributed by atoms with van der Waals surface area (Å²) in [6.07, 6.45) is 1.45. The average molecular weight is 322 g/mol. The molecule has 1 aliphatic rings. The van der Waals surface area contributed by atoms with E-state index in [1.54, 1.807) is 11.0 Å². The highest BCUT2D eigenvalue weighted by molar-refractivity contribution is 7.16. The Morgan fingerprint density at radius 2 is 2.09 bits per heavy atom. The summed E-state index contributed by atoms with van der Waals surface area (Å²) in [4.78, 5) is 33.4. The highest BCUT2D eigenvalue weighted by Gasteiger charge is 2.21. The van der Waals surface area contributed by atoms with Gasteiger partial charge >= 0.3 is 0 Å². The molecule has 7 nitrogen and oxygen atoms in total. The number of carbonyl (C=O) groups excluding carboxylic acids is 1. The zero-order valence-electron chi connectivity index (χ0n) is 12.1. The molecule has 1 N–H and O–H groups in total. The lowest BCUT2D eigenvalue weighted by atomic mass is 10.3. The molecule has 8 heteroatoms. The van der Waals surface area contributed by atoms with Crippen LogP contribution in [0.1, 0.15) is 0 Å². The Kier molecular flexibility index (Phi) is 4.51. The van der Waals surface area contributed by atoms with Gasteiger partial charge in [-0.05, 0) is 11.4 Å². The number of fused-ring (bicyclic) bond motifs is 1. The molecule has 0 bridgehead atoms. The average Bonchev–Trinajstić information content (AvgIpc) is 3.00. The Hall–Kier alpha value is -1.77. The maximum absolute atomic E-state index is 12.3. The summed E-state index contributed by atoms with van der Waals surface area (Å²) in [7, 11) is 0. The Morgan fingerprint density at radius 1 is 1.32 bits per heavy atom. The number of carbonyl (C=O) groups is 1. The third kappa shape index (κ3) is 3.03. The van der Waals surface area contributed by atoms with Gasteiger partial charge in [-0.15, -0.1) is 11.3 Å². The van der Waals surface area contributed by atoms with Crippen LogP contribution in [0.2, 0.25) is 0 Å². The molecule has 0 spiro atoms. The van der Waals surface area contributed by atoms with E-state index in [4.69, 9.17) is 5.11 Å². The van der Waals surface area contributed by atoms with E-state index in [9.17, 15) is 9.59 Å². The van der Waals surface area contributed by atoms with Crippen molar-refractivity contribution in [2.24, 2.45) is 0 Å². The molecule has 2 aromatic rings. The van der Waals surface area contributed by atoms with Crippen LogP contribution in [-0.4, -0.2) is 69.7 Å². The van der Waals surface area contributed by atoms with E-state index in [0.29, 0.717) is 29.9 Å². The van der Waals surface area contributed by atoms with Crippen molar-refractivity contribution in [3.63, 3.8) is 0 Å². The molecule has 1 saturated heterocycles. The lowest BCUT2D eigenvalue weighted by molar-refractivity contribution is -0.133. The van der Waals surface area contributed by atoms with Crippen molar-refractivity contribution >= 4 is 27.5 Å². The van der Waals surface area contributed by atoms with Gasteiger partial charge in [-0.1, -0.05) is 0 Å². The molecule has 0 saturated carbocycles. The summed E-state index contributed by atoms with van der Waals surface area (Å²) in [5, 5.41) is 11.3. The number of aliphatic hydroxyl groups excluding tert-OH is 1. The van der Waals surface area contributed by atoms with Crippen molar-refractivity contribution < 1.29 is 9.90 Å². The molecule has 118 valence electrons. The predicted octanol–water partition coefficient (Wildman–Crippen LogP) is -0.406. The van der Waals surface area contributed by atoms with Gasteiger partial charge in [0.25, 0.3) is 5.56 Å². The summed E-state index contributed by atoms with van der Waals surface area (Å²) in [5.41, 5.74) is -0.168. The first-order chi connectivity index (χ1) is 10.7. The van der Waals surface area contributed by atoms with Gasteiger partial charge in [0.05, 0.1) is 18.3 Å². The van der Waals surface area contributed by atoms with Crippen molar-refractivity contribution in [1.29, 1.82) is 0 Å². The van der Waals surface area contributed by atoms with Gasteiger partial charge < -0.3 is 10.0 Å². The van der Waals surface area contributed by atoms with Gasteiger partial charge in [0.2, 0.25) is 5.91 Å². The van der Waals surface area contributed by atoms with Gasteiger partial charge in [-0.2, -0.15) is 0 Å². The Balaban J connectivity index is 1.66. The Bertz CT molecular complexity index is 718. The van der Waals surface area contributed by atoms with E-state index in [1.807, 2.05) is 5.38 Å². The normalized spacial score (nSPS) is 16.3. The molecule has 0 atom stereocenters. The predicted molar refractivity (Wildman–Crippen MR) is 84.0 cm³/mol. The fourth-order valence-electron chi connectivity index (χ4n) is 2.61. The third-order valence-corrected chi connectivity index (χ3v) is 4.72. The topological polar surface area (TPSA) is 78.7 Å². The number of aliphatic hydroxyl groups is 1. The molecule has 0 unspecified atom stereocenters. The van der Waals surface area contributed by atoms with E-state index in [1.165, 1.54) is 22.2 Å². The first-order valence-electron chi connectivity index (χ1n) is 7.22.